The molecular formula is C21H21ClN6O3. The van der Waals surface area contributed by atoms with Crippen LogP contribution >= 0.6 is 11.6 Å². The van der Waals surface area contributed by atoms with E-state index in [1.165, 1.54) is 15.9 Å². The van der Waals surface area contributed by atoms with E-state index in [9.17, 15) is 14.4 Å². The first-order chi connectivity index (χ1) is 15.0. The van der Waals surface area contributed by atoms with Gasteiger partial charge in [0.25, 0.3) is 0 Å². The van der Waals surface area contributed by atoms with Crippen molar-refractivity contribution in [1.82, 2.24) is 25.1 Å². The summed E-state index contributed by atoms with van der Waals surface area (Å²) in [5, 5.41) is 11.5. The van der Waals surface area contributed by atoms with Gasteiger partial charge in [-0.15, -0.1) is 5.10 Å². The summed E-state index contributed by atoms with van der Waals surface area (Å²) in [7, 11) is 1.69. The highest BCUT2D eigenvalue weighted by Crippen LogP contribution is 2.27. The molecule has 2 aromatic carbocycles. The van der Waals surface area contributed by atoms with E-state index >= 15 is 0 Å². The lowest BCUT2D eigenvalue weighted by molar-refractivity contribution is -0.122. The SMILES string of the molecule is CN(CC(=O)N(CC=O)c1cc(Cl)ccc1-n1cnnn1)C(C=O)Cc1ccccc1. The fraction of sp³-hybridized carbons (Fsp3) is 0.238. The number of halogens is 1. The fourth-order valence-corrected chi connectivity index (χ4v) is 3.33. The third-order valence-corrected chi connectivity index (χ3v) is 5.01. The lowest BCUT2D eigenvalue weighted by Crippen LogP contribution is -2.45. The van der Waals surface area contributed by atoms with Gasteiger partial charge < -0.3 is 14.5 Å². The summed E-state index contributed by atoms with van der Waals surface area (Å²) in [6, 6.07) is 13.9. The Hall–Kier alpha value is -3.43. The minimum atomic E-state index is -0.497. The number of anilines is 1. The summed E-state index contributed by atoms with van der Waals surface area (Å²) in [5.41, 5.74) is 1.86. The Bertz CT molecular complexity index is 1030. The molecule has 0 spiro atoms. The zero-order valence-corrected chi connectivity index (χ0v) is 17.6. The first kappa shape index (κ1) is 22.3. The highest BCUT2D eigenvalue weighted by molar-refractivity contribution is 6.31. The first-order valence-electron chi connectivity index (χ1n) is 9.50. The summed E-state index contributed by atoms with van der Waals surface area (Å²) in [5.74, 6) is -0.369. The number of carbonyl (C=O) groups is 3. The van der Waals surface area contributed by atoms with Gasteiger partial charge in [-0.25, -0.2) is 0 Å². The molecule has 0 radical (unpaired) electrons. The van der Waals surface area contributed by atoms with Gasteiger partial charge in [-0.1, -0.05) is 41.9 Å². The Morgan fingerprint density at radius 2 is 1.97 bits per heavy atom. The summed E-state index contributed by atoms with van der Waals surface area (Å²) >= 11 is 6.15. The molecule has 1 aromatic heterocycles. The second-order valence-corrected chi connectivity index (χ2v) is 7.30. The first-order valence-corrected chi connectivity index (χ1v) is 9.87. The molecule has 1 heterocycles. The standard InChI is InChI=1S/C21H21ClN6O3/c1-26(18(14-30)11-16-5-3-2-4-6-16)13-21(31)27(9-10-29)20-12-17(22)7-8-19(20)28-15-23-24-25-28/h2-8,10,12,14-15,18H,9,11,13H2,1H3. The van der Waals surface area contributed by atoms with Crippen LogP contribution in [0.4, 0.5) is 5.69 Å². The second kappa shape index (κ2) is 10.6. The molecule has 160 valence electrons. The van der Waals surface area contributed by atoms with Gasteiger partial charge in [0.15, 0.2) is 0 Å². The van der Waals surface area contributed by atoms with E-state index in [1.807, 2.05) is 30.3 Å². The number of benzene rings is 2. The molecule has 1 amide bonds. The Morgan fingerprint density at radius 1 is 1.19 bits per heavy atom. The van der Waals surface area contributed by atoms with Gasteiger partial charge in [0.1, 0.15) is 18.9 Å². The number of hydrogen-bond acceptors (Lipinski definition) is 7. The molecule has 0 saturated carbocycles. The maximum absolute atomic E-state index is 13.2. The molecule has 1 unspecified atom stereocenters. The lowest BCUT2D eigenvalue weighted by Gasteiger charge is -2.28. The number of tetrazole rings is 1. The van der Waals surface area contributed by atoms with E-state index in [0.717, 1.165) is 11.8 Å². The monoisotopic (exact) mass is 440 g/mol. The average Bonchev–Trinajstić information content (AvgIpc) is 3.31. The summed E-state index contributed by atoms with van der Waals surface area (Å²) in [6.45, 7) is -0.266. The maximum atomic E-state index is 13.2. The third kappa shape index (κ3) is 5.59. The van der Waals surface area contributed by atoms with Crippen molar-refractivity contribution in [2.45, 2.75) is 12.5 Å². The number of aldehydes is 2. The van der Waals surface area contributed by atoms with Crippen molar-refractivity contribution in [3.05, 3.63) is 65.4 Å². The van der Waals surface area contributed by atoms with Crippen molar-refractivity contribution in [1.29, 1.82) is 0 Å². The van der Waals surface area contributed by atoms with Gasteiger partial charge in [0, 0.05) is 5.02 Å². The van der Waals surface area contributed by atoms with Gasteiger partial charge in [0.2, 0.25) is 5.91 Å². The van der Waals surface area contributed by atoms with Crippen LogP contribution in [-0.2, 0) is 20.8 Å². The predicted molar refractivity (Wildman–Crippen MR) is 115 cm³/mol. The van der Waals surface area contributed by atoms with Gasteiger partial charge >= 0.3 is 0 Å². The lowest BCUT2D eigenvalue weighted by atomic mass is 10.1. The van der Waals surface area contributed by atoms with Crippen molar-refractivity contribution in [2.24, 2.45) is 0 Å². The van der Waals surface area contributed by atoms with Crippen LogP contribution in [0, 0.1) is 0 Å². The number of amides is 1. The normalized spacial score (nSPS) is 11.8. The Balaban J connectivity index is 1.83. The van der Waals surface area contributed by atoms with E-state index in [0.29, 0.717) is 29.1 Å². The molecule has 3 aromatic rings. The number of likely N-dealkylation sites (N-methyl/N-ethyl adjacent to an activating group) is 1. The molecular weight excluding hydrogens is 420 g/mol. The molecule has 0 bridgehead atoms. The van der Waals surface area contributed by atoms with Crippen LogP contribution in [0.2, 0.25) is 5.02 Å². The quantitative estimate of drug-likeness (QED) is 0.441. The van der Waals surface area contributed by atoms with Gasteiger partial charge in [-0.3, -0.25) is 9.69 Å². The van der Waals surface area contributed by atoms with Crippen molar-refractivity contribution in [2.75, 3.05) is 25.0 Å². The van der Waals surface area contributed by atoms with E-state index in [1.54, 1.807) is 30.1 Å². The topological polar surface area (TPSA) is 101 Å². The zero-order valence-electron chi connectivity index (χ0n) is 16.8. The van der Waals surface area contributed by atoms with Crippen molar-refractivity contribution in [3.8, 4) is 5.69 Å². The number of hydrogen-bond donors (Lipinski definition) is 0. The van der Waals surface area contributed by atoms with Crippen LogP contribution in [0.1, 0.15) is 5.56 Å². The summed E-state index contributed by atoms with van der Waals surface area (Å²) in [6.07, 6.45) is 3.29. The number of aromatic nitrogens is 4. The highest BCUT2D eigenvalue weighted by Gasteiger charge is 2.24. The van der Waals surface area contributed by atoms with Crippen LogP contribution in [0.5, 0.6) is 0 Å². The Kier molecular flexibility index (Phi) is 7.58. The van der Waals surface area contributed by atoms with E-state index in [2.05, 4.69) is 15.5 Å². The summed E-state index contributed by atoms with van der Waals surface area (Å²) < 4.78 is 1.38. The molecule has 1 atom stereocenters. The van der Waals surface area contributed by atoms with Gasteiger partial charge in [-0.2, -0.15) is 4.68 Å². The number of nitrogens with zero attached hydrogens (tertiary/aromatic N) is 6. The molecule has 3 rings (SSSR count). The van der Waals surface area contributed by atoms with Gasteiger partial charge in [0.05, 0.1) is 30.5 Å². The van der Waals surface area contributed by atoms with Crippen molar-refractivity contribution in [3.63, 3.8) is 0 Å². The minimum Gasteiger partial charge on any atom is -0.302 e. The predicted octanol–water partition coefficient (Wildman–Crippen LogP) is 1.59. The van der Waals surface area contributed by atoms with E-state index in [4.69, 9.17) is 11.6 Å². The minimum absolute atomic E-state index is 0.0777. The summed E-state index contributed by atoms with van der Waals surface area (Å²) in [4.78, 5) is 39.1. The average molecular weight is 441 g/mol. The van der Waals surface area contributed by atoms with Crippen molar-refractivity contribution < 1.29 is 14.4 Å². The van der Waals surface area contributed by atoms with E-state index < -0.39 is 6.04 Å². The highest BCUT2D eigenvalue weighted by atomic mass is 35.5. The number of carbonyl (C=O) groups excluding carboxylic acids is 3. The zero-order chi connectivity index (χ0) is 22.2. The van der Waals surface area contributed by atoms with E-state index in [-0.39, 0.29) is 19.0 Å². The molecule has 9 nitrogen and oxygen atoms in total. The number of rotatable bonds is 10. The molecule has 0 aliphatic heterocycles. The van der Waals surface area contributed by atoms with Crippen LogP contribution in [0.15, 0.2) is 54.9 Å². The van der Waals surface area contributed by atoms with Gasteiger partial charge in [-0.05, 0) is 47.7 Å². The fourth-order valence-electron chi connectivity index (χ4n) is 3.17. The second-order valence-electron chi connectivity index (χ2n) is 6.87. The maximum Gasteiger partial charge on any atom is 0.241 e. The molecule has 10 heteroatoms. The van der Waals surface area contributed by atoms with Crippen LogP contribution in [0.3, 0.4) is 0 Å². The van der Waals surface area contributed by atoms with Crippen LogP contribution < -0.4 is 4.90 Å². The molecule has 0 aliphatic carbocycles. The molecule has 31 heavy (non-hydrogen) atoms. The Labute approximate surface area is 184 Å². The van der Waals surface area contributed by atoms with Crippen molar-refractivity contribution >= 4 is 35.8 Å². The molecule has 0 saturated heterocycles. The molecule has 0 fully saturated rings. The molecule has 0 N–H and O–H groups in total. The molecule has 0 aliphatic rings. The third-order valence-electron chi connectivity index (χ3n) is 4.78. The van der Waals surface area contributed by atoms with Crippen LogP contribution in [0.25, 0.3) is 5.69 Å². The Morgan fingerprint density at radius 3 is 2.61 bits per heavy atom. The van der Waals surface area contributed by atoms with Crippen LogP contribution in [-0.4, -0.2) is 69.8 Å². The smallest absolute Gasteiger partial charge is 0.241 e. The largest absolute Gasteiger partial charge is 0.302 e.